The van der Waals surface area contributed by atoms with Gasteiger partial charge < -0.3 is 4.90 Å². The Morgan fingerprint density at radius 2 is 1.76 bits per heavy atom. The van der Waals surface area contributed by atoms with Gasteiger partial charge in [0.05, 0.1) is 23.7 Å². The van der Waals surface area contributed by atoms with Crippen LogP contribution in [0.4, 0.5) is 0 Å². The van der Waals surface area contributed by atoms with Crippen molar-refractivity contribution in [3.8, 4) is 0 Å². The number of hydrogen-bond donors (Lipinski definition) is 0. The molecule has 1 aromatic rings. The summed E-state index contributed by atoms with van der Waals surface area (Å²) in [6.45, 7) is 3.70. The summed E-state index contributed by atoms with van der Waals surface area (Å²) in [7, 11) is -2.77. The lowest BCUT2D eigenvalue weighted by molar-refractivity contribution is 0.0653. The molecule has 0 atom stereocenters. The molecule has 0 bridgehead atoms. The van der Waals surface area contributed by atoms with Crippen LogP contribution in [0.5, 0.6) is 0 Å². The smallest absolute Gasteiger partial charge is 0.267 e. The molecule has 2 saturated heterocycles. The minimum atomic E-state index is -2.77. The number of fused-ring (bicyclic) bond motifs is 1. The van der Waals surface area contributed by atoms with Gasteiger partial charge in [-0.05, 0) is 50.0 Å². The van der Waals surface area contributed by atoms with E-state index in [0.29, 0.717) is 29.9 Å². The van der Waals surface area contributed by atoms with E-state index in [1.165, 1.54) is 6.42 Å². The van der Waals surface area contributed by atoms with Crippen LogP contribution in [0.1, 0.15) is 36.9 Å². The van der Waals surface area contributed by atoms with Gasteiger partial charge in [0.25, 0.3) is 5.56 Å². The van der Waals surface area contributed by atoms with Gasteiger partial charge in [0.2, 0.25) is 0 Å². The molecule has 2 aliphatic heterocycles. The van der Waals surface area contributed by atoms with Crippen LogP contribution in [-0.4, -0.2) is 54.2 Å². The minimum absolute atomic E-state index is 0.0385. The zero-order chi connectivity index (χ0) is 17.4. The molecule has 0 spiro atoms. The summed E-state index contributed by atoms with van der Waals surface area (Å²) in [4.78, 5) is 14.7. The zero-order valence-electron chi connectivity index (χ0n) is 14.7. The molecule has 0 amide bonds. The quantitative estimate of drug-likeness (QED) is 0.792. The molecule has 1 aromatic heterocycles. The zero-order valence-corrected chi connectivity index (χ0v) is 15.5. The summed E-state index contributed by atoms with van der Waals surface area (Å²) < 4.78 is 24.7. The van der Waals surface area contributed by atoms with Crippen LogP contribution in [0.2, 0.25) is 0 Å². The van der Waals surface area contributed by atoms with Gasteiger partial charge >= 0.3 is 0 Å². The van der Waals surface area contributed by atoms with Crippen molar-refractivity contribution in [1.29, 1.82) is 0 Å². The summed E-state index contributed by atoms with van der Waals surface area (Å²) in [6.07, 6.45) is 5.93. The van der Waals surface area contributed by atoms with Crippen molar-refractivity contribution in [2.75, 3.05) is 31.1 Å². The number of hydrogen-bond acceptors (Lipinski definition) is 5. The van der Waals surface area contributed by atoms with E-state index in [1.807, 2.05) is 0 Å². The first-order valence-electron chi connectivity index (χ1n) is 9.51. The van der Waals surface area contributed by atoms with E-state index in [1.54, 1.807) is 10.7 Å². The van der Waals surface area contributed by atoms with Crippen LogP contribution in [0.25, 0.3) is 0 Å². The van der Waals surface area contributed by atoms with Gasteiger partial charge in [-0.15, -0.1) is 0 Å². The molecule has 1 aliphatic carbocycles. The van der Waals surface area contributed by atoms with Crippen molar-refractivity contribution < 1.29 is 8.42 Å². The SMILES string of the molecule is O=c1cc2c(nn1CC1CN(CC3CCS(=O)(=O)CC3)C1)CCCC2. The molecule has 0 saturated carbocycles. The lowest BCUT2D eigenvalue weighted by Gasteiger charge is -2.41. The highest BCUT2D eigenvalue weighted by atomic mass is 32.2. The van der Waals surface area contributed by atoms with Crippen LogP contribution in [-0.2, 0) is 29.2 Å². The largest absolute Gasteiger partial charge is 0.302 e. The number of rotatable bonds is 4. The van der Waals surface area contributed by atoms with Crippen molar-refractivity contribution >= 4 is 9.84 Å². The Bertz CT molecular complexity index is 782. The average Bonchev–Trinajstić information content (AvgIpc) is 2.55. The normalized spacial score (nSPS) is 24.6. The van der Waals surface area contributed by atoms with Crippen LogP contribution in [0.3, 0.4) is 0 Å². The highest BCUT2D eigenvalue weighted by Crippen LogP contribution is 2.25. The predicted molar refractivity (Wildman–Crippen MR) is 96.4 cm³/mol. The second kappa shape index (κ2) is 6.83. The molecule has 0 N–H and O–H groups in total. The van der Waals surface area contributed by atoms with E-state index in [0.717, 1.165) is 63.0 Å². The Hall–Kier alpha value is -1.21. The van der Waals surface area contributed by atoms with Gasteiger partial charge in [0.1, 0.15) is 9.84 Å². The molecule has 7 heteroatoms. The Morgan fingerprint density at radius 1 is 1.04 bits per heavy atom. The third-order valence-electron chi connectivity index (χ3n) is 5.93. The Morgan fingerprint density at radius 3 is 2.52 bits per heavy atom. The second-order valence-corrected chi connectivity index (χ2v) is 10.3. The van der Waals surface area contributed by atoms with E-state index < -0.39 is 9.84 Å². The molecule has 6 nitrogen and oxygen atoms in total. The molecular weight excluding hydrogens is 338 g/mol. The van der Waals surface area contributed by atoms with Crippen molar-refractivity contribution in [3.05, 3.63) is 27.7 Å². The minimum Gasteiger partial charge on any atom is -0.302 e. The summed E-state index contributed by atoms with van der Waals surface area (Å²) in [5.41, 5.74) is 2.30. The van der Waals surface area contributed by atoms with Gasteiger partial charge in [-0.3, -0.25) is 4.79 Å². The molecule has 3 heterocycles. The van der Waals surface area contributed by atoms with Gasteiger partial charge in [-0.25, -0.2) is 13.1 Å². The first kappa shape index (κ1) is 17.2. The summed E-state index contributed by atoms with van der Waals surface area (Å²) >= 11 is 0. The molecule has 3 aliphatic rings. The van der Waals surface area contributed by atoms with Gasteiger partial charge in [-0.1, -0.05) is 0 Å². The number of aryl methyl sites for hydroxylation is 2. The van der Waals surface area contributed by atoms with Crippen molar-refractivity contribution in [2.24, 2.45) is 11.8 Å². The van der Waals surface area contributed by atoms with Crippen LogP contribution in [0, 0.1) is 11.8 Å². The Balaban J connectivity index is 1.28. The third kappa shape index (κ3) is 3.97. The monoisotopic (exact) mass is 365 g/mol. The first-order valence-corrected chi connectivity index (χ1v) is 11.3. The molecule has 4 rings (SSSR count). The maximum absolute atomic E-state index is 12.3. The van der Waals surface area contributed by atoms with E-state index in [9.17, 15) is 13.2 Å². The predicted octanol–water partition coefficient (Wildman–Crippen LogP) is 0.879. The van der Waals surface area contributed by atoms with Crippen LogP contribution < -0.4 is 5.56 Å². The maximum Gasteiger partial charge on any atom is 0.267 e. The number of nitrogens with zero attached hydrogens (tertiary/aromatic N) is 3. The Labute approximate surface area is 149 Å². The molecule has 2 fully saturated rings. The molecule has 0 aromatic carbocycles. The van der Waals surface area contributed by atoms with Crippen LogP contribution in [0.15, 0.2) is 10.9 Å². The molecular formula is C18H27N3O3S. The fraction of sp³-hybridized carbons (Fsp3) is 0.778. The summed E-state index contributed by atoms with van der Waals surface area (Å²) in [5.74, 6) is 1.69. The maximum atomic E-state index is 12.3. The van der Waals surface area contributed by atoms with Crippen LogP contribution >= 0.6 is 0 Å². The number of aromatic nitrogens is 2. The second-order valence-electron chi connectivity index (χ2n) is 8.02. The van der Waals surface area contributed by atoms with Gasteiger partial charge in [0.15, 0.2) is 0 Å². The molecule has 0 radical (unpaired) electrons. The first-order chi connectivity index (χ1) is 12.0. The highest BCUT2D eigenvalue weighted by molar-refractivity contribution is 7.91. The number of sulfone groups is 1. The highest BCUT2D eigenvalue weighted by Gasteiger charge is 2.31. The summed E-state index contributed by atoms with van der Waals surface area (Å²) in [5, 5.41) is 4.61. The van der Waals surface area contributed by atoms with E-state index in [-0.39, 0.29) is 5.56 Å². The molecule has 25 heavy (non-hydrogen) atoms. The van der Waals surface area contributed by atoms with Crippen molar-refractivity contribution in [3.63, 3.8) is 0 Å². The topological polar surface area (TPSA) is 72.3 Å². The molecule has 0 unspecified atom stereocenters. The van der Waals surface area contributed by atoms with Gasteiger partial charge in [-0.2, -0.15) is 5.10 Å². The van der Waals surface area contributed by atoms with E-state index >= 15 is 0 Å². The average molecular weight is 365 g/mol. The standard InChI is InChI=1S/C18H27N3O3S/c22-18-9-16-3-1-2-4-17(16)19-21(18)13-15-11-20(12-15)10-14-5-7-25(23,24)8-6-14/h9,14-15H,1-8,10-13H2. The number of likely N-dealkylation sites (tertiary alicyclic amines) is 1. The van der Waals surface area contributed by atoms with Crippen molar-refractivity contribution in [2.45, 2.75) is 45.1 Å². The van der Waals surface area contributed by atoms with E-state index in [4.69, 9.17) is 0 Å². The van der Waals surface area contributed by atoms with Gasteiger partial charge in [0, 0.05) is 31.6 Å². The fourth-order valence-corrected chi connectivity index (χ4v) is 5.99. The lowest BCUT2D eigenvalue weighted by Crippen LogP contribution is -2.51. The summed E-state index contributed by atoms with van der Waals surface area (Å²) in [6, 6.07) is 1.79. The molecule has 138 valence electrons. The fourth-order valence-electron chi connectivity index (χ4n) is 4.40. The third-order valence-corrected chi connectivity index (χ3v) is 7.64. The van der Waals surface area contributed by atoms with E-state index in [2.05, 4.69) is 10.00 Å². The Kier molecular flexibility index (Phi) is 4.71. The van der Waals surface area contributed by atoms with Crippen molar-refractivity contribution in [1.82, 2.24) is 14.7 Å². The lowest BCUT2D eigenvalue weighted by atomic mass is 9.95.